The van der Waals surface area contributed by atoms with Gasteiger partial charge in [0.2, 0.25) is 5.91 Å². The maximum atomic E-state index is 12.1. The molecule has 0 aliphatic heterocycles. The molecule has 162 valence electrons. The van der Waals surface area contributed by atoms with Crippen LogP contribution >= 0.6 is 0 Å². The molecule has 1 heterocycles. The number of aliphatic carboxylic acids is 1. The molecule has 9 heteroatoms. The second kappa shape index (κ2) is 9.43. The summed E-state index contributed by atoms with van der Waals surface area (Å²) in [7, 11) is 0. The molecule has 1 atom stereocenters. The van der Waals surface area contributed by atoms with Gasteiger partial charge in [-0.15, -0.1) is 0 Å². The Labute approximate surface area is 173 Å². The molecule has 2 aromatic rings. The van der Waals surface area contributed by atoms with Gasteiger partial charge in [0.15, 0.2) is 6.61 Å². The average Bonchev–Trinajstić information content (AvgIpc) is 2.65. The number of carboxylic acids is 1. The molecule has 9 nitrogen and oxygen atoms in total. The van der Waals surface area contributed by atoms with Crippen molar-refractivity contribution in [1.29, 1.82) is 0 Å². The van der Waals surface area contributed by atoms with E-state index >= 15 is 0 Å². The van der Waals surface area contributed by atoms with Crippen molar-refractivity contribution in [3.05, 3.63) is 39.2 Å². The lowest BCUT2D eigenvalue weighted by Gasteiger charge is -2.18. The molecule has 0 fully saturated rings. The van der Waals surface area contributed by atoms with E-state index in [1.807, 2.05) is 0 Å². The van der Waals surface area contributed by atoms with E-state index in [-0.39, 0.29) is 19.1 Å². The standard InChI is InChI=1S/C21H26N2O7/c1-10(2)19(20(26)27)23-16(24)8-22-17(25)9-29-14-6-11(3)7-15-18(14)12(4)13(5)21(28)30-15/h6-7,10,19H,8-9H2,1-5H3,(H,22,25)(H,23,24)(H,26,27)/t19-/m1/s1. The van der Waals surface area contributed by atoms with Gasteiger partial charge in [-0.2, -0.15) is 0 Å². The Morgan fingerprint density at radius 3 is 2.37 bits per heavy atom. The van der Waals surface area contributed by atoms with Gasteiger partial charge in [0.05, 0.1) is 11.9 Å². The highest BCUT2D eigenvalue weighted by Gasteiger charge is 2.23. The predicted octanol–water partition coefficient (Wildman–Crippen LogP) is 1.44. The van der Waals surface area contributed by atoms with Crippen molar-refractivity contribution < 1.29 is 28.6 Å². The van der Waals surface area contributed by atoms with Crippen LogP contribution in [0.3, 0.4) is 0 Å². The van der Waals surface area contributed by atoms with Gasteiger partial charge in [0.25, 0.3) is 5.91 Å². The Morgan fingerprint density at radius 2 is 1.77 bits per heavy atom. The fourth-order valence-electron chi connectivity index (χ4n) is 2.91. The molecule has 1 aromatic heterocycles. The summed E-state index contributed by atoms with van der Waals surface area (Å²) in [6.07, 6.45) is 0. The molecule has 0 saturated carbocycles. The van der Waals surface area contributed by atoms with Gasteiger partial charge >= 0.3 is 11.6 Å². The van der Waals surface area contributed by atoms with Crippen LogP contribution < -0.4 is 21.0 Å². The molecule has 0 spiro atoms. The Hall–Kier alpha value is -3.36. The molecule has 0 aliphatic carbocycles. The summed E-state index contributed by atoms with van der Waals surface area (Å²) in [4.78, 5) is 47.0. The zero-order chi connectivity index (χ0) is 22.6. The minimum atomic E-state index is -1.14. The van der Waals surface area contributed by atoms with E-state index in [1.165, 1.54) is 0 Å². The van der Waals surface area contributed by atoms with Gasteiger partial charge in [-0.25, -0.2) is 9.59 Å². The molecule has 0 bridgehead atoms. The largest absolute Gasteiger partial charge is 0.483 e. The number of benzene rings is 1. The fourth-order valence-corrected chi connectivity index (χ4v) is 2.91. The number of rotatable bonds is 8. The van der Waals surface area contributed by atoms with Crippen molar-refractivity contribution in [2.75, 3.05) is 13.2 Å². The normalized spacial score (nSPS) is 11.9. The van der Waals surface area contributed by atoms with Crippen molar-refractivity contribution in [3.8, 4) is 5.75 Å². The maximum Gasteiger partial charge on any atom is 0.339 e. The summed E-state index contributed by atoms with van der Waals surface area (Å²) >= 11 is 0. The van der Waals surface area contributed by atoms with Crippen molar-refractivity contribution in [2.24, 2.45) is 5.92 Å². The summed E-state index contributed by atoms with van der Waals surface area (Å²) in [5.74, 6) is -2.22. The number of hydrogen-bond donors (Lipinski definition) is 3. The first kappa shape index (κ1) is 22.9. The molecule has 2 amide bonds. The molecule has 0 aliphatic rings. The van der Waals surface area contributed by atoms with Gasteiger partial charge in [-0.3, -0.25) is 9.59 Å². The maximum absolute atomic E-state index is 12.1. The summed E-state index contributed by atoms with van der Waals surface area (Å²) in [6, 6.07) is 2.41. The number of carbonyl (C=O) groups excluding carboxylic acids is 2. The predicted molar refractivity (Wildman–Crippen MR) is 110 cm³/mol. The first-order valence-electron chi connectivity index (χ1n) is 9.47. The topological polar surface area (TPSA) is 135 Å². The van der Waals surface area contributed by atoms with Crippen LogP contribution in [0.2, 0.25) is 0 Å². The third kappa shape index (κ3) is 5.37. The van der Waals surface area contributed by atoms with E-state index in [2.05, 4.69) is 10.6 Å². The highest BCUT2D eigenvalue weighted by molar-refractivity contribution is 5.90. The Kier molecular flexibility index (Phi) is 7.20. The first-order chi connectivity index (χ1) is 14.0. The third-order valence-corrected chi connectivity index (χ3v) is 4.71. The number of aryl methyl sites for hydroxylation is 2. The van der Waals surface area contributed by atoms with Crippen molar-refractivity contribution >= 4 is 28.8 Å². The van der Waals surface area contributed by atoms with E-state index in [4.69, 9.17) is 14.3 Å². The quantitative estimate of drug-likeness (QED) is 0.552. The number of hydrogen-bond acceptors (Lipinski definition) is 6. The number of carbonyl (C=O) groups is 3. The molecule has 1 aromatic carbocycles. The highest BCUT2D eigenvalue weighted by atomic mass is 16.5. The van der Waals surface area contributed by atoms with Crippen LogP contribution in [-0.2, 0) is 14.4 Å². The van der Waals surface area contributed by atoms with Crippen molar-refractivity contribution in [1.82, 2.24) is 10.6 Å². The monoisotopic (exact) mass is 418 g/mol. The van der Waals surface area contributed by atoms with E-state index in [9.17, 15) is 19.2 Å². The van der Waals surface area contributed by atoms with Crippen LogP contribution in [0.4, 0.5) is 0 Å². The van der Waals surface area contributed by atoms with Gasteiger partial charge in [-0.05, 0) is 49.9 Å². The van der Waals surface area contributed by atoms with Crippen LogP contribution in [-0.4, -0.2) is 42.1 Å². The average molecular weight is 418 g/mol. The molecule has 30 heavy (non-hydrogen) atoms. The second-order valence-corrected chi connectivity index (χ2v) is 7.47. The lowest BCUT2D eigenvalue weighted by molar-refractivity contribution is -0.143. The number of amides is 2. The van der Waals surface area contributed by atoms with E-state index in [0.29, 0.717) is 27.8 Å². The Bertz CT molecular complexity index is 1040. The van der Waals surface area contributed by atoms with Gasteiger partial charge < -0.3 is 24.9 Å². The number of nitrogens with one attached hydrogen (secondary N) is 2. The number of fused-ring (bicyclic) bond motifs is 1. The van der Waals surface area contributed by atoms with E-state index in [0.717, 1.165) is 5.56 Å². The lowest BCUT2D eigenvalue weighted by Crippen LogP contribution is -2.48. The summed E-state index contributed by atoms with van der Waals surface area (Å²) in [5, 5.41) is 14.5. The van der Waals surface area contributed by atoms with Crippen LogP contribution in [0, 0.1) is 26.7 Å². The SMILES string of the molecule is Cc1cc(OCC(=O)NCC(=O)N[C@@H](C(=O)O)C(C)C)c2c(C)c(C)c(=O)oc2c1. The minimum absolute atomic E-state index is 0.299. The number of ether oxygens (including phenoxy) is 1. The van der Waals surface area contributed by atoms with Gasteiger partial charge in [0, 0.05) is 5.56 Å². The zero-order valence-corrected chi connectivity index (χ0v) is 17.6. The highest BCUT2D eigenvalue weighted by Crippen LogP contribution is 2.30. The van der Waals surface area contributed by atoms with Crippen molar-refractivity contribution in [2.45, 2.75) is 40.7 Å². The number of carboxylic acid groups (broad SMARTS) is 1. The van der Waals surface area contributed by atoms with Crippen LogP contribution in [0.1, 0.15) is 30.5 Å². The smallest absolute Gasteiger partial charge is 0.339 e. The first-order valence-corrected chi connectivity index (χ1v) is 9.47. The zero-order valence-electron chi connectivity index (χ0n) is 17.6. The molecule has 0 unspecified atom stereocenters. The van der Waals surface area contributed by atoms with Crippen LogP contribution in [0.5, 0.6) is 5.75 Å². The van der Waals surface area contributed by atoms with Gasteiger partial charge in [-0.1, -0.05) is 13.8 Å². The Balaban J connectivity index is 2.04. The molecule has 0 radical (unpaired) electrons. The molecular weight excluding hydrogens is 392 g/mol. The summed E-state index contributed by atoms with van der Waals surface area (Å²) < 4.78 is 10.9. The fraction of sp³-hybridized carbons (Fsp3) is 0.429. The summed E-state index contributed by atoms with van der Waals surface area (Å²) in [5.41, 5.74) is 1.88. The lowest BCUT2D eigenvalue weighted by atomic mass is 10.0. The minimum Gasteiger partial charge on any atom is -0.483 e. The molecule has 3 N–H and O–H groups in total. The molecule has 2 rings (SSSR count). The molecule has 0 saturated heterocycles. The second-order valence-electron chi connectivity index (χ2n) is 7.47. The molecular formula is C21H26N2O7. The van der Waals surface area contributed by atoms with Crippen LogP contribution in [0.15, 0.2) is 21.3 Å². The summed E-state index contributed by atoms with van der Waals surface area (Å²) in [6.45, 7) is 7.83. The van der Waals surface area contributed by atoms with Crippen LogP contribution in [0.25, 0.3) is 11.0 Å². The van der Waals surface area contributed by atoms with E-state index in [1.54, 1.807) is 46.8 Å². The van der Waals surface area contributed by atoms with E-state index < -0.39 is 29.5 Å². The third-order valence-electron chi connectivity index (χ3n) is 4.71. The van der Waals surface area contributed by atoms with Crippen molar-refractivity contribution in [3.63, 3.8) is 0 Å². The van der Waals surface area contributed by atoms with Gasteiger partial charge in [0.1, 0.15) is 17.4 Å². The Morgan fingerprint density at radius 1 is 1.10 bits per heavy atom.